The number of hydrogen-bond donors (Lipinski definition) is 1. The molecule has 2 spiro atoms. The monoisotopic (exact) mass is 671 g/mol. The lowest BCUT2D eigenvalue weighted by molar-refractivity contribution is -0.256. The van der Waals surface area contributed by atoms with E-state index in [4.69, 9.17) is 28.4 Å². The summed E-state index contributed by atoms with van der Waals surface area (Å²) in [7, 11) is 0. The highest BCUT2D eigenvalue weighted by atomic mass is 16.7. The smallest absolute Gasteiger partial charge is 0.332 e. The van der Waals surface area contributed by atoms with Crippen molar-refractivity contribution < 1.29 is 38.3 Å². The Morgan fingerprint density at radius 3 is 2.42 bits per heavy atom. The molecule has 9 rings (SSSR count). The normalized spacial score (nSPS) is 55.6. The lowest BCUT2D eigenvalue weighted by atomic mass is 9.41. The third-order valence-electron chi connectivity index (χ3n) is 17.1. The van der Waals surface area contributed by atoms with Crippen LogP contribution in [-0.2, 0) is 33.2 Å². The molecular weight excluding hydrogens is 610 g/mol. The molecule has 8 unspecified atom stereocenters. The summed E-state index contributed by atoms with van der Waals surface area (Å²) in [4.78, 5) is 14.6. The predicted octanol–water partition coefficient (Wildman–Crippen LogP) is 4.96. The Morgan fingerprint density at radius 1 is 0.938 bits per heavy atom. The van der Waals surface area contributed by atoms with Gasteiger partial charge in [0, 0.05) is 12.0 Å². The summed E-state index contributed by atoms with van der Waals surface area (Å²) in [6.45, 7) is 20.4. The van der Waals surface area contributed by atoms with Gasteiger partial charge in [0.05, 0.1) is 56.8 Å². The van der Waals surface area contributed by atoms with E-state index in [9.17, 15) is 9.90 Å². The van der Waals surface area contributed by atoms with Crippen LogP contribution < -0.4 is 0 Å². The van der Waals surface area contributed by atoms with Crippen molar-refractivity contribution in [2.24, 2.45) is 50.7 Å². The number of fused-ring (bicyclic) bond motifs is 4. The number of ether oxygens (including phenoxy) is 6. The van der Waals surface area contributed by atoms with Crippen LogP contribution in [0, 0.1) is 50.7 Å². The topological polar surface area (TPSA) is 95.9 Å². The molecule has 9 heteroatoms. The number of carbonyl (C=O) groups excluding carboxylic acids is 1. The minimum atomic E-state index is -0.761. The number of hydrogen-bond acceptors (Lipinski definition) is 9. The molecule has 9 nitrogen and oxygen atoms in total. The zero-order chi connectivity index (χ0) is 33.6. The summed E-state index contributed by atoms with van der Waals surface area (Å²) in [6, 6.07) is 0.517. The molecule has 1 N–H and O–H groups in total. The Hall–Kier alpha value is -0.810. The van der Waals surface area contributed by atoms with Gasteiger partial charge in [0.1, 0.15) is 18.3 Å². The zero-order valence-electron chi connectivity index (χ0n) is 30.5. The third-order valence-corrected chi connectivity index (χ3v) is 17.1. The fourth-order valence-corrected chi connectivity index (χ4v) is 14.7. The molecule has 0 aromatic carbocycles. The first kappa shape index (κ1) is 33.1. The summed E-state index contributed by atoms with van der Waals surface area (Å²) in [5.41, 5.74) is -0.246. The van der Waals surface area contributed by atoms with Gasteiger partial charge in [-0.05, 0) is 111 Å². The molecule has 5 aliphatic carbocycles. The number of aliphatic hydroxyl groups excluding tert-OH is 1. The summed E-state index contributed by atoms with van der Waals surface area (Å²) in [5.74, 6) is 1.48. The van der Waals surface area contributed by atoms with Gasteiger partial charge in [-0.1, -0.05) is 34.6 Å². The van der Waals surface area contributed by atoms with Gasteiger partial charge in [-0.3, -0.25) is 4.90 Å². The highest BCUT2D eigenvalue weighted by Crippen LogP contribution is 2.89. The molecule has 4 saturated heterocycles. The molecule has 0 radical (unpaired) electrons. The predicted molar refractivity (Wildman–Crippen MR) is 177 cm³/mol. The van der Waals surface area contributed by atoms with Crippen LogP contribution in [0.3, 0.4) is 0 Å². The van der Waals surface area contributed by atoms with E-state index in [1.54, 1.807) is 0 Å². The largest absolute Gasteiger partial charge is 0.455 e. The Bertz CT molecular complexity index is 1320. The molecule has 0 aromatic rings. The molecule has 5 saturated carbocycles. The van der Waals surface area contributed by atoms with Gasteiger partial charge >= 0.3 is 5.97 Å². The first-order chi connectivity index (χ1) is 22.7. The minimum absolute atomic E-state index is 0.00884. The van der Waals surface area contributed by atoms with Crippen molar-refractivity contribution in [3.63, 3.8) is 0 Å². The summed E-state index contributed by atoms with van der Waals surface area (Å²) < 4.78 is 37.5. The minimum Gasteiger partial charge on any atom is -0.455 e. The maximum Gasteiger partial charge on any atom is 0.332 e. The van der Waals surface area contributed by atoms with Crippen LogP contribution in [0.1, 0.15) is 99.8 Å². The van der Waals surface area contributed by atoms with Crippen LogP contribution in [0.2, 0.25) is 0 Å². The number of rotatable bonds is 4. The fraction of sp³-hybridized carbons (Fsp3) is 0.974. The maximum atomic E-state index is 12.6. The highest BCUT2D eigenvalue weighted by molar-refractivity contribution is 5.72. The summed E-state index contributed by atoms with van der Waals surface area (Å²) >= 11 is 0. The molecule has 9 fully saturated rings. The van der Waals surface area contributed by atoms with E-state index < -0.39 is 11.7 Å². The number of nitrogens with zero attached hydrogens (tertiary/aromatic N) is 1. The molecule has 270 valence electrons. The van der Waals surface area contributed by atoms with Crippen LogP contribution in [0.15, 0.2) is 0 Å². The fourth-order valence-electron chi connectivity index (χ4n) is 14.7. The summed E-state index contributed by atoms with van der Waals surface area (Å²) in [5, 5.41) is 12.6. The van der Waals surface area contributed by atoms with Crippen molar-refractivity contribution in [2.75, 3.05) is 39.5 Å². The number of aliphatic hydroxyl groups is 1. The molecule has 48 heavy (non-hydrogen) atoms. The van der Waals surface area contributed by atoms with Crippen molar-refractivity contribution in [1.29, 1.82) is 0 Å². The second-order valence-corrected chi connectivity index (χ2v) is 19.5. The Balaban J connectivity index is 0.950. The van der Waals surface area contributed by atoms with Gasteiger partial charge in [-0.2, -0.15) is 0 Å². The van der Waals surface area contributed by atoms with Crippen molar-refractivity contribution >= 4 is 5.97 Å². The molecule has 0 aromatic heterocycles. The first-order valence-corrected chi connectivity index (χ1v) is 19.4. The number of carbonyl (C=O) groups is 1. The Kier molecular flexibility index (Phi) is 7.32. The van der Waals surface area contributed by atoms with Gasteiger partial charge in [0.15, 0.2) is 6.29 Å². The Morgan fingerprint density at radius 2 is 1.69 bits per heavy atom. The van der Waals surface area contributed by atoms with E-state index in [1.807, 2.05) is 13.8 Å². The van der Waals surface area contributed by atoms with E-state index in [-0.39, 0.29) is 59.5 Å². The van der Waals surface area contributed by atoms with E-state index in [2.05, 4.69) is 39.5 Å². The van der Waals surface area contributed by atoms with E-state index in [1.165, 1.54) is 32.1 Å². The second kappa shape index (κ2) is 10.6. The molecule has 0 bridgehead atoms. The van der Waals surface area contributed by atoms with E-state index in [0.29, 0.717) is 40.5 Å². The van der Waals surface area contributed by atoms with Crippen LogP contribution >= 0.6 is 0 Å². The van der Waals surface area contributed by atoms with E-state index >= 15 is 0 Å². The van der Waals surface area contributed by atoms with Crippen molar-refractivity contribution in [1.82, 2.24) is 4.90 Å². The van der Waals surface area contributed by atoms with Crippen molar-refractivity contribution in [3.8, 4) is 0 Å². The van der Waals surface area contributed by atoms with Crippen LogP contribution in [0.25, 0.3) is 0 Å². The van der Waals surface area contributed by atoms with Gasteiger partial charge in [0.25, 0.3) is 0 Å². The second-order valence-electron chi connectivity index (χ2n) is 19.5. The SMILES string of the molecule is C[C@@H]1CC(C2OCC(=O)OC2(C)C)OC2[C@H]1C1(C)CCC34CC35CCC(O[C@H]3CN(C6COC6)CCO3)C(C)(C)[C@@H]5CCC4[C@]1(C)[C@H]2O. The standard InChI is InChI=1S/C39H61NO8/c1-22-16-24(33-35(4,5)48-28(41)20-45-33)46-31-30(22)36(6)12-13-39-21-38(39)11-10-27(47-29-17-40(14-15-44-29)23-18-43-19-23)34(2,3)25(38)8-9-26(39)37(36,7)32(31)42/h22-27,29-33,42H,8-21H2,1-7H3/t22-,24?,25+,26?,27?,29+,30+,31?,32+,33?,36?,37-,38?,39?/m1/s1. The lowest BCUT2D eigenvalue weighted by Gasteiger charge is -2.64. The third kappa shape index (κ3) is 4.19. The molecule has 9 aliphatic rings. The van der Waals surface area contributed by atoms with Crippen LogP contribution in [-0.4, -0.2) is 104 Å². The number of esters is 1. The molecule has 0 amide bonds. The van der Waals surface area contributed by atoms with Gasteiger partial charge in [-0.25, -0.2) is 4.79 Å². The van der Waals surface area contributed by atoms with Gasteiger partial charge in [0.2, 0.25) is 0 Å². The van der Waals surface area contributed by atoms with Crippen LogP contribution in [0.4, 0.5) is 0 Å². The highest BCUT2D eigenvalue weighted by Gasteiger charge is 2.84. The molecule has 14 atom stereocenters. The zero-order valence-corrected chi connectivity index (χ0v) is 30.5. The average molecular weight is 672 g/mol. The van der Waals surface area contributed by atoms with Gasteiger partial charge in [-0.15, -0.1) is 0 Å². The molecule has 4 heterocycles. The van der Waals surface area contributed by atoms with Crippen molar-refractivity contribution in [3.05, 3.63) is 0 Å². The molecular formula is C39H61NO8. The quantitative estimate of drug-likeness (QED) is 0.416. The maximum absolute atomic E-state index is 12.6. The first-order valence-electron chi connectivity index (χ1n) is 19.4. The number of morpholine rings is 1. The van der Waals surface area contributed by atoms with Crippen LogP contribution in [0.5, 0.6) is 0 Å². The number of cyclic esters (lactones) is 1. The average Bonchev–Trinajstić information content (AvgIpc) is 3.62. The Labute approximate surface area is 287 Å². The van der Waals surface area contributed by atoms with Crippen molar-refractivity contribution in [2.45, 2.75) is 148 Å². The van der Waals surface area contributed by atoms with Gasteiger partial charge < -0.3 is 33.5 Å². The molecule has 4 aliphatic heterocycles. The summed E-state index contributed by atoms with van der Waals surface area (Å²) in [6.07, 6.45) is 8.05. The van der Waals surface area contributed by atoms with E-state index in [0.717, 1.165) is 52.2 Å². The lowest BCUT2D eigenvalue weighted by Crippen LogP contribution is -2.60.